The summed E-state index contributed by atoms with van der Waals surface area (Å²) < 4.78 is 5.39. The van der Waals surface area contributed by atoms with E-state index >= 15 is 0 Å². The minimum atomic E-state index is -0.600. The van der Waals surface area contributed by atoms with Gasteiger partial charge in [0.25, 0.3) is 0 Å². The molecule has 1 atom stereocenters. The second-order valence-corrected chi connectivity index (χ2v) is 4.45. The highest BCUT2D eigenvalue weighted by Crippen LogP contribution is 2.08. The molecule has 18 heavy (non-hydrogen) atoms. The molecule has 0 saturated heterocycles. The Morgan fingerprint density at radius 2 is 2.00 bits per heavy atom. The van der Waals surface area contributed by atoms with E-state index in [4.69, 9.17) is 10.5 Å². The number of rotatable bonds is 7. The molecule has 1 aromatic carbocycles. The lowest BCUT2D eigenvalue weighted by molar-refractivity contribution is -0.122. The summed E-state index contributed by atoms with van der Waals surface area (Å²) in [4.78, 5) is 11.8. The highest BCUT2D eigenvalue weighted by Gasteiger charge is 2.14. The van der Waals surface area contributed by atoms with E-state index in [0.29, 0.717) is 13.2 Å². The molecule has 1 rings (SSSR count). The van der Waals surface area contributed by atoms with Gasteiger partial charge in [0.05, 0.1) is 6.10 Å². The number of nitrogens with one attached hydrogen (secondary N) is 1. The molecule has 0 bridgehead atoms. The number of benzene rings is 1. The van der Waals surface area contributed by atoms with Crippen molar-refractivity contribution in [3.63, 3.8) is 0 Å². The van der Waals surface area contributed by atoms with Crippen molar-refractivity contribution in [1.82, 2.24) is 5.32 Å². The topological polar surface area (TPSA) is 64.3 Å². The highest BCUT2D eigenvalue weighted by molar-refractivity contribution is 5.82. The first-order valence-corrected chi connectivity index (χ1v) is 6.31. The lowest BCUT2D eigenvalue weighted by Crippen LogP contribution is -2.35. The van der Waals surface area contributed by atoms with Crippen molar-refractivity contribution in [2.45, 2.75) is 32.4 Å². The lowest BCUT2D eigenvalue weighted by Gasteiger charge is -2.13. The van der Waals surface area contributed by atoms with Crippen LogP contribution >= 0.6 is 0 Å². The standard InChI is InChI=1S/C14H22N2O2/c1-11(2)18-10-6-9-16-14(17)13(15)12-7-4-3-5-8-12/h3-5,7-8,11,13H,6,9-10,15H2,1-2H3,(H,16,17)/t13-/m0/s1. The zero-order valence-corrected chi connectivity index (χ0v) is 11.1. The molecule has 1 aromatic rings. The van der Waals surface area contributed by atoms with Crippen LogP contribution in [-0.4, -0.2) is 25.2 Å². The number of carbonyl (C=O) groups excluding carboxylic acids is 1. The van der Waals surface area contributed by atoms with Gasteiger partial charge in [-0.05, 0) is 25.8 Å². The predicted molar refractivity (Wildman–Crippen MR) is 72.1 cm³/mol. The first-order valence-electron chi connectivity index (χ1n) is 6.31. The van der Waals surface area contributed by atoms with E-state index in [1.807, 2.05) is 44.2 Å². The van der Waals surface area contributed by atoms with Crippen molar-refractivity contribution in [3.05, 3.63) is 35.9 Å². The van der Waals surface area contributed by atoms with Crippen LogP contribution in [0.4, 0.5) is 0 Å². The third kappa shape index (κ3) is 5.29. The van der Waals surface area contributed by atoms with Crippen LogP contribution in [0.25, 0.3) is 0 Å². The van der Waals surface area contributed by atoms with E-state index in [2.05, 4.69) is 5.32 Å². The summed E-state index contributed by atoms with van der Waals surface area (Å²) in [6.07, 6.45) is 1.03. The maximum Gasteiger partial charge on any atom is 0.241 e. The molecule has 1 amide bonds. The molecule has 0 unspecified atom stereocenters. The first-order chi connectivity index (χ1) is 8.61. The van der Waals surface area contributed by atoms with Crippen molar-refractivity contribution >= 4 is 5.91 Å². The van der Waals surface area contributed by atoms with E-state index < -0.39 is 6.04 Å². The largest absolute Gasteiger partial charge is 0.379 e. The van der Waals surface area contributed by atoms with Crippen molar-refractivity contribution in [2.75, 3.05) is 13.2 Å². The van der Waals surface area contributed by atoms with Crippen LogP contribution < -0.4 is 11.1 Å². The van der Waals surface area contributed by atoms with Gasteiger partial charge in [-0.15, -0.1) is 0 Å². The molecule has 0 saturated carbocycles. The van der Waals surface area contributed by atoms with Crippen molar-refractivity contribution in [1.29, 1.82) is 0 Å². The van der Waals surface area contributed by atoms with Crippen LogP contribution in [0.3, 0.4) is 0 Å². The third-order valence-corrected chi connectivity index (χ3v) is 2.51. The van der Waals surface area contributed by atoms with Gasteiger partial charge in [-0.2, -0.15) is 0 Å². The van der Waals surface area contributed by atoms with Gasteiger partial charge < -0.3 is 15.8 Å². The molecule has 100 valence electrons. The molecule has 0 aromatic heterocycles. The fourth-order valence-electron chi connectivity index (χ4n) is 1.52. The monoisotopic (exact) mass is 250 g/mol. The summed E-state index contributed by atoms with van der Waals surface area (Å²) in [6.45, 7) is 5.22. The molecule has 4 heteroatoms. The molecular weight excluding hydrogens is 228 g/mol. The number of hydrogen-bond acceptors (Lipinski definition) is 3. The number of ether oxygens (including phenoxy) is 1. The Balaban J connectivity index is 2.25. The molecule has 4 nitrogen and oxygen atoms in total. The molecule has 0 aliphatic carbocycles. The summed E-state index contributed by atoms with van der Waals surface area (Å²) in [5.41, 5.74) is 6.69. The highest BCUT2D eigenvalue weighted by atomic mass is 16.5. The lowest BCUT2D eigenvalue weighted by atomic mass is 10.1. The van der Waals surface area contributed by atoms with E-state index in [1.165, 1.54) is 0 Å². The minimum Gasteiger partial charge on any atom is -0.379 e. The Morgan fingerprint density at radius 1 is 1.33 bits per heavy atom. The second-order valence-electron chi connectivity index (χ2n) is 4.45. The van der Waals surface area contributed by atoms with Gasteiger partial charge in [-0.3, -0.25) is 4.79 Å². The summed E-state index contributed by atoms with van der Waals surface area (Å²) >= 11 is 0. The molecule has 0 radical (unpaired) electrons. The van der Waals surface area contributed by atoms with Crippen molar-refractivity contribution in [3.8, 4) is 0 Å². The smallest absolute Gasteiger partial charge is 0.241 e. The van der Waals surface area contributed by atoms with Gasteiger partial charge in [0.2, 0.25) is 5.91 Å². The Kier molecular flexibility index (Phi) is 6.39. The van der Waals surface area contributed by atoms with Crippen molar-refractivity contribution in [2.24, 2.45) is 5.73 Å². The van der Waals surface area contributed by atoms with Crippen LogP contribution in [-0.2, 0) is 9.53 Å². The van der Waals surface area contributed by atoms with Crippen molar-refractivity contribution < 1.29 is 9.53 Å². The number of amides is 1. The summed E-state index contributed by atoms with van der Waals surface area (Å²) in [5, 5.41) is 2.81. The van der Waals surface area contributed by atoms with Crippen LogP contribution in [0.2, 0.25) is 0 Å². The Labute approximate surface area is 109 Å². The number of nitrogens with two attached hydrogens (primary N) is 1. The quantitative estimate of drug-likeness (QED) is 0.723. The van der Waals surface area contributed by atoms with Gasteiger partial charge >= 0.3 is 0 Å². The van der Waals surface area contributed by atoms with E-state index in [-0.39, 0.29) is 12.0 Å². The van der Waals surface area contributed by atoms with E-state index in [1.54, 1.807) is 0 Å². The number of hydrogen-bond donors (Lipinski definition) is 2. The van der Waals surface area contributed by atoms with E-state index in [0.717, 1.165) is 12.0 Å². The van der Waals surface area contributed by atoms with Gasteiger partial charge in [0.15, 0.2) is 0 Å². The van der Waals surface area contributed by atoms with Gasteiger partial charge in [-0.1, -0.05) is 30.3 Å². The Hall–Kier alpha value is -1.39. The Bertz CT molecular complexity index is 352. The molecule has 0 fully saturated rings. The van der Waals surface area contributed by atoms with Gasteiger partial charge in [-0.25, -0.2) is 0 Å². The summed E-state index contributed by atoms with van der Waals surface area (Å²) in [5.74, 6) is -0.147. The summed E-state index contributed by atoms with van der Waals surface area (Å²) in [6, 6.07) is 8.75. The molecule has 3 N–H and O–H groups in total. The van der Waals surface area contributed by atoms with Crippen LogP contribution in [0, 0.1) is 0 Å². The zero-order valence-electron chi connectivity index (χ0n) is 11.1. The first kappa shape index (κ1) is 14.7. The fraction of sp³-hybridized carbons (Fsp3) is 0.500. The molecular formula is C14H22N2O2. The molecule has 0 aliphatic rings. The minimum absolute atomic E-state index is 0.147. The number of carbonyl (C=O) groups is 1. The zero-order chi connectivity index (χ0) is 13.4. The van der Waals surface area contributed by atoms with Gasteiger partial charge in [0.1, 0.15) is 6.04 Å². The average molecular weight is 250 g/mol. The Morgan fingerprint density at radius 3 is 2.61 bits per heavy atom. The van der Waals surface area contributed by atoms with Crippen LogP contribution in [0.15, 0.2) is 30.3 Å². The van der Waals surface area contributed by atoms with Crippen LogP contribution in [0.1, 0.15) is 31.9 Å². The third-order valence-electron chi connectivity index (χ3n) is 2.51. The molecule has 0 heterocycles. The fourth-order valence-corrected chi connectivity index (χ4v) is 1.52. The summed E-state index contributed by atoms with van der Waals surface area (Å²) in [7, 11) is 0. The average Bonchev–Trinajstić information content (AvgIpc) is 2.38. The van der Waals surface area contributed by atoms with Crippen LogP contribution in [0.5, 0.6) is 0 Å². The van der Waals surface area contributed by atoms with E-state index in [9.17, 15) is 4.79 Å². The molecule has 0 spiro atoms. The molecule has 0 aliphatic heterocycles. The second kappa shape index (κ2) is 7.84. The van der Waals surface area contributed by atoms with Gasteiger partial charge in [0, 0.05) is 13.2 Å². The maximum absolute atomic E-state index is 11.8. The predicted octanol–water partition coefficient (Wildman–Crippen LogP) is 1.62. The maximum atomic E-state index is 11.8. The normalized spacial score (nSPS) is 12.4. The SMILES string of the molecule is CC(C)OCCCNC(=O)[C@@H](N)c1ccccc1.